The molecular formula is C13H11BrN6. The maximum Gasteiger partial charge on any atom is 0.143 e. The fourth-order valence-corrected chi connectivity index (χ4v) is 2.18. The highest BCUT2D eigenvalue weighted by Gasteiger charge is 1.99. The van der Waals surface area contributed by atoms with Crippen molar-refractivity contribution >= 4 is 21.6 Å². The average Bonchev–Trinajstić information content (AvgIpc) is 3.00. The van der Waals surface area contributed by atoms with Gasteiger partial charge in [0.2, 0.25) is 0 Å². The molecule has 0 saturated carbocycles. The third-order valence-electron chi connectivity index (χ3n) is 2.74. The van der Waals surface area contributed by atoms with E-state index >= 15 is 0 Å². The second-order valence-electron chi connectivity index (χ2n) is 4.17. The average molecular weight is 331 g/mol. The zero-order chi connectivity index (χ0) is 13.8. The summed E-state index contributed by atoms with van der Waals surface area (Å²) >= 11 is 3.41. The fourth-order valence-electron chi connectivity index (χ4n) is 1.77. The lowest BCUT2D eigenvalue weighted by molar-refractivity contribution is 0.789. The van der Waals surface area contributed by atoms with Crippen molar-refractivity contribution in [2.75, 3.05) is 5.32 Å². The van der Waals surface area contributed by atoms with Crippen LogP contribution in [0.25, 0.3) is 5.69 Å². The van der Waals surface area contributed by atoms with Gasteiger partial charge in [0.1, 0.15) is 6.33 Å². The van der Waals surface area contributed by atoms with Crippen molar-refractivity contribution in [2.24, 2.45) is 0 Å². The van der Waals surface area contributed by atoms with Gasteiger partial charge in [-0.2, -0.15) is 0 Å². The van der Waals surface area contributed by atoms with Gasteiger partial charge in [0.15, 0.2) is 0 Å². The molecule has 6 nitrogen and oxygen atoms in total. The van der Waals surface area contributed by atoms with Crippen LogP contribution in [-0.4, -0.2) is 25.2 Å². The van der Waals surface area contributed by atoms with Crippen LogP contribution in [0, 0.1) is 0 Å². The van der Waals surface area contributed by atoms with E-state index in [2.05, 4.69) is 41.8 Å². The maximum absolute atomic E-state index is 4.13. The molecule has 0 aliphatic carbocycles. The summed E-state index contributed by atoms with van der Waals surface area (Å²) < 4.78 is 2.59. The third kappa shape index (κ3) is 3.00. The minimum atomic E-state index is 0.719. The van der Waals surface area contributed by atoms with Crippen LogP contribution >= 0.6 is 15.9 Å². The Kier molecular flexibility index (Phi) is 3.69. The predicted octanol–water partition coefficient (Wildman–Crippen LogP) is 2.43. The molecule has 0 unspecified atom stereocenters. The quantitative estimate of drug-likeness (QED) is 0.795. The minimum Gasteiger partial charge on any atom is -0.381 e. The number of anilines is 1. The van der Waals surface area contributed by atoms with Gasteiger partial charge >= 0.3 is 0 Å². The summed E-state index contributed by atoms with van der Waals surface area (Å²) in [5, 5.41) is 14.4. The summed E-state index contributed by atoms with van der Waals surface area (Å²) in [6, 6.07) is 9.93. The van der Waals surface area contributed by atoms with E-state index in [4.69, 9.17) is 0 Å². The molecule has 0 aliphatic heterocycles. The number of nitrogens with one attached hydrogen (secondary N) is 1. The van der Waals surface area contributed by atoms with E-state index in [1.165, 1.54) is 0 Å². The largest absolute Gasteiger partial charge is 0.381 e. The molecule has 3 aromatic rings. The summed E-state index contributed by atoms with van der Waals surface area (Å²) in [5.74, 6) is 0. The molecule has 0 saturated heterocycles. The van der Waals surface area contributed by atoms with E-state index in [1.54, 1.807) is 17.2 Å². The molecule has 0 radical (unpaired) electrons. The monoisotopic (exact) mass is 330 g/mol. The van der Waals surface area contributed by atoms with Crippen molar-refractivity contribution in [2.45, 2.75) is 6.54 Å². The summed E-state index contributed by atoms with van der Waals surface area (Å²) in [6.07, 6.45) is 5.17. The normalized spacial score (nSPS) is 10.4. The second kappa shape index (κ2) is 5.79. The molecule has 2 heterocycles. The highest BCUT2D eigenvalue weighted by Crippen LogP contribution is 2.14. The Morgan fingerprint density at radius 1 is 1.15 bits per heavy atom. The summed E-state index contributed by atoms with van der Waals surface area (Å²) in [4.78, 5) is 4.13. The van der Waals surface area contributed by atoms with Gasteiger partial charge in [-0.3, -0.25) is 4.98 Å². The molecule has 0 atom stereocenters. The van der Waals surface area contributed by atoms with Crippen molar-refractivity contribution in [3.8, 4) is 5.69 Å². The SMILES string of the molecule is Brc1cncc(CNc2ccc(-n3cnnn3)cc2)c1. The zero-order valence-corrected chi connectivity index (χ0v) is 12.0. The summed E-state index contributed by atoms with van der Waals surface area (Å²) in [7, 11) is 0. The van der Waals surface area contributed by atoms with Crippen molar-refractivity contribution < 1.29 is 0 Å². The Balaban J connectivity index is 1.67. The molecule has 2 aromatic heterocycles. The van der Waals surface area contributed by atoms with E-state index in [-0.39, 0.29) is 0 Å². The van der Waals surface area contributed by atoms with Gasteiger partial charge in [0.25, 0.3) is 0 Å². The molecule has 100 valence electrons. The molecule has 0 amide bonds. The standard InChI is InChI=1S/C13H11BrN6/c14-11-5-10(6-15-8-11)7-16-12-1-3-13(4-2-12)20-9-17-18-19-20/h1-6,8-9,16H,7H2. The highest BCUT2D eigenvalue weighted by atomic mass is 79.9. The second-order valence-corrected chi connectivity index (χ2v) is 5.08. The number of hydrogen-bond donors (Lipinski definition) is 1. The topological polar surface area (TPSA) is 68.5 Å². The lowest BCUT2D eigenvalue weighted by Crippen LogP contribution is -2.00. The first-order chi connectivity index (χ1) is 9.81. The Bertz CT molecular complexity index is 680. The van der Waals surface area contributed by atoms with Crippen LogP contribution in [0.1, 0.15) is 5.56 Å². The predicted molar refractivity (Wildman–Crippen MR) is 78.4 cm³/mol. The first-order valence-electron chi connectivity index (χ1n) is 5.98. The van der Waals surface area contributed by atoms with Crippen LogP contribution in [0.4, 0.5) is 5.69 Å². The van der Waals surface area contributed by atoms with Crippen LogP contribution in [0.15, 0.2) is 53.5 Å². The van der Waals surface area contributed by atoms with Crippen LogP contribution in [0.5, 0.6) is 0 Å². The summed E-state index contributed by atoms with van der Waals surface area (Å²) in [5.41, 5.74) is 3.07. The maximum atomic E-state index is 4.13. The van der Waals surface area contributed by atoms with E-state index < -0.39 is 0 Å². The van der Waals surface area contributed by atoms with Gasteiger partial charge in [0, 0.05) is 29.1 Å². The van der Waals surface area contributed by atoms with Crippen LogP contribution in [0.3, 0.4) is 0 Å². The van der Waals surface area contributed by atoms with Crippen LogP contribution < -0.4 is 5.32 Å². The number of nitrogens with zero attached hydrogens (tertiary/aromatic N) is 5. The number of tetrazole rings is 1. The molecule has 20 heavy (non-hydrogen) atoms. The first kappa shape index (κ1) is 12.7. The number of pyridine rings is 1. The highest BCUT2D eigenvalue weighted by molar-refractivity contribution is 9.10. The summed E-state index contributed by atoms with van der Waals surface area (Å²) in [6.45, 7) is 0.719. The number of halogens is 1. The Labute approximate surface area is 124 Å². The molecule has 0 aliphatic rings. The first-order valence-corrected chi connectivity index (χ1v) is 6.77. The van der Waals surface area contributed by atoms with Crippen molar-refractivity contribution in [3.05, 3.63) is 59.1 Å². The lowest BCUT2D eigenvalue weighted by Gasteiger charge is -2.07. The molecule has 0 spiro atoms. The van der Waals surface area contributed by atoms with Gasteiger partial charge in [-0.15, -0.1) is 5.10 Å². The molecule has 1 aromatic carbocycles. The van der Waals surface area contributed by atoms with Crippen molar-refractivity contribution in [3.63, 3.8) is 0 Å². The fraction of sp³-hybridized carbons (Fsp3) is 0.0769. The molecular weight excluding hydrogens is 320 g/mol. The zero-order valence-electron chi connectivity index (χ0n) is 10.4. The molecule has 3 rings (SSSR count). The van der Waals surface area contributed by atoms with E-state index in [0.29, 0.717) is 0 Å². The number of benzene rings is 1. The van der Waals surface area contributed by atoms with Gasteiger partial charge in [-0.1, -0.05) is 0 Å². The van der Waals surface area contributed by atoms with Crippen LogP contribution in [0.2, 0.25) is 0 Å². The van der Waals surface area contributed by atoms with Crippen LogP contribution in [-0.2, 0) is 6.54 Å². The minimum absolute atomic E-state index is 0.719. The Morgan fingerprint density at radius 3 is 2.70 bits per heavy atom. The molecule has 0 bridgehead atoms. The lowest BCUT2D eigenvalue weighted by atomic mass is 10.2. The Morgan fingerprint density at radius 2 is 2.00 bits per heavy atom. The third-order valence-corrected chi connectivity index (χ3v) is 3.17. The van der Waals surface area contributed by atoms with Gasteiger partial charge in [-0.25, -0.2) is 4.68 Å². The van der Waals surface area contributed by atoms with E-state index in [9.17, 15) is 0 Å². The molecule has 7 heteroatoms. The van der Waals surface area contributed by atoms with Crippen molar-refractivity contribution in [1.29, 1.82) is 0 Å². The van der Waals surface area contributed by atoms with E-state index in [1.807, 2.05) is 36.5 Å². The molecule has 0 fully saturated rings. The number of aromatic nitrogens is 5. The van der Waals surface area contributed by atoms with Crippen molar-refractivity contribution in [1.82, 2.24) is 25.2 Å². The van der Waals surface area contributed by atoms with Gasteiger partial charge in [-0.05, 0) is 62.3 Å². The van der Waals surface area contributed by atoms with E-state index in [0.717, 1.165) is 28.0 Å². The Hall–Kier alpha value is -2.28. The van der Waals surface area contributed by atoms with Gasteiger partial charge < -0.3 is 5.32 Å². The molecule has 1 N–H and O–H groups in total. The number of rotatable bonds is 4. The smallest absolute Gasteiger partial charge is 0.143 e. The van der Waals surface area contributed by atoms with Gasteiger partial charge in [0.05, 0.1) is 5.69 Å². The number of hydrogen-bond acceptors (Lipinski definition) is 5.